The zero-order chi connectivity index (χ0) is 11.9. The molecule has 0 aliphatic carbocycles. The van der Waals surface area contributed by atoms with Gasteiger partial charge in [-0.3, -0.25) is 0 Å². The second-order valence-electron chi connectivity index (χ2n) is 5.67. The van der Waals surface area contributed by atoms with Crippen molar-refractivity contribution in [2.75, 3.05) is 13.2 Å². The molecule has 0 atom stereocenters. The second kappa shape index (κ2) is 6.49. The van der Waals surface area contributed by atoms with E-state index in [0.717, 1.165) is 26.1 Å². The Morgan fingerprint density at radius 2 is 1.47 bits per heavy atom. The molecule has 0 amide bonds. The van der Waals surface area contributed by atoms with Crippen LogP contribution in [0.2, 0.25) is 0 Å². The highest BCUT2D eigenvalue weighted by Gasteiger charge is 2.19. The van der Waals surface area contributed by atoms with Gasteiger partial charge in [0.15, 0.2) is 0 Å². The lowest BCUT2D eigenvalue weighted by molar-refractivity contribution is -0.0669. The maximum Gasteiger partial charge on any atom is 0.0648 e. The normalized spacial score (nSPS) is 13.2. The van der Waals surface area contributed by atoms with Gasteiger partial charge in [0.1, 0.15) is 0 Å². The first-order chi connectivity index (χ1) is 6.77. The van der Waals surface area contributed by atoms with Gasteiger partial charge in [0, 0.05) is 13.2 Å². The van der Waals surface area contributed by atoms with Crippen molar-refractivity contribution in [3.05, 3.63) is 0 Å². The molecule has 2 heteroatoms. The third-order valence-corrected chi connectivity index (χ3v) is 2.23. The van der Waals surface area contributed by atoms with Gasteiger partial charge in [-0.15, -0.1) is 0 Å². The minimum absolute atomic E-state index is 0.0422. The molecule has 0 spiro atoms. The van der Waals surface area contributed by atoms with E-state index in [2.05, 4.69) is 41.5 Å². The lowest BCUT2D eigenvalue weighted by Crippen LogP contribution is -2.29. The highest BCUT2D eigenvalue weighted by atomic mass is 16.5. The van der Waals surface area contributed by atoms with Gasteiger partial charge in [-0.2, -0.15) is 0 Å². The Bertz CT molecular complexity index is 156. The van der Waals surface area contributed by atoms with E-state index in [9.17, 15) is 0 Å². The first-order valence-electron chi connectivity index (χ1n) is 6.05. The molecule has 0 aromatic rings. The number of hydrogen-bond acceptors (Lipinski definition) is 2. The summed E-state index contributed by atoms with van der Waals surface area (Å²) in [6, 6.07) is 0. The van der Waals surface area contributed by atoms with Gasteiger partial charge in [0.2, 0.25) is 0 Å². The van der Waals surface area contributed by atoms with Crippen LogP contribution in [-0.4, -0.2) is 24.4 Å². The van der Waals surface area contributed by atoms with Gasteiger partial charge >= 0.3 is 0 Å². The van der Waals surface area contributed by atoms with Crippen LogP contribution in [0.3, 0.4) is 0 Å². The topological polar surface area (TPSA) is 18.5 Å². The monoisotopic (exact) mass is 216 g/mol. The van der Waals surface area contributed by atoms with Gasteiger partial charge in [-0.05, 0) is 47.5 Å². The van der Waals surface area contributed by atoms with Gasteiger partial charge in [-0.25, -0.2) is 0 Å². The van der Waals surface area contributed by atoms with Crippen molar-refractivity contribution in [1.29, 1.82) is 0 Å². The molecule has 0 aromatic heterocycles. The maximum absolute atomic E-state index is 5.80. The zero-order valence-corrected chi connectivity index (χ0v) is 11.4. The molecule has 92 valence electrons. The number of hydrogen-bond donors (Lipinski definition) is 0. The molecule has 0 aromatic carbocycles. The van der Waals surface area contributed by atoms with E-state index < -0.39 is 0 Å². The van der Waals surface area contributed by atoms with Gasteiger partial charge in [0.05, 0.1) is 11.2 Å². The third kappa shape index (κ3) is 10.2. The summed E-state index contributed by atoms with van der Waals surface area (Å²) in [6.07, 6.45) is 3.28. The maximum atomic E-state index is 5.80. The molecule has 0 unspecified atom stereocenters. The quantitative estimate of drug-likeness (QED) is 0.603. The first-order valence-corrected chi connectivity index (χ1v) is 6.05. The summed E-state index contributed by atoms with van der Waals surface area (Å²) >= 11 is 0. The molecule has 0 radical (unpaired) electrons. The van der Waals surface area contributed by atoms with Gasteiger partial charge in [0.25, 0.3) is 0 Å². The highest BCUT2D eigenvalue weighted by molar-refractivity contribution is 4.69. The van der Waals surface area contributed by atoms with Crippen LogP contribution in [0.25, 0.3) is 0 Å². The minimum atomic E-state index is -0.0551. The van der Waals surface area contributed by atoms with E-state index in [0.29, 0.717) is 0 Å². The Balaban J connectivity index is 3.64. The van der Waals surface area contributed by atoms with Crippen molar-refractivity contribution in [3.8, 4) is 0 Å². The van der Waals surface area contributed by atoms with Crippen molar-refractivity contribution < 1.29 is 9.47 Å². The Labute approximate surface area is 95.3 Å². The van der Waals surface area contributed by atoms with E-state index in [4.69, 9.17) is 9.47 Å². The smallest absolute Gasteiger partial charge is 0.0648 e. The summed E-state index contributed by atoms with van der Waals surface area (Å²) in [5.74, 6) is 0. The van der Waals surface area contributed by atoms with Crippen molar-refractivity contribution >= 4 is 0 Å². The molecular formula is C13H28O2. The molecule has 0 heterocycles. The number of ether oxygens (including phenoxy) is 2. The fourth-order valence-corrected chi connectivity index (χ4v) is 1.17. The van der Waals surface area contributed by atoms with E-state index in [1.54, 1.807) is 0 Å². The summed E-state index contributed by atoms with van der Waals surface area (Å²) in [5, 5.41) is 0. The van der Waals surface area contributed by atoms with Crippen molar-refractivity contribution in [1.82, 2.24) is 0 Å². The molecule has 0 aliphatic rings. The van der Waals surface area contributed by atoms with E-state index in [-0.39, 0.29) is 11.2 Å². The SMILES string of the molecule is CCCCOC(C)(C)CCOC(C)(C)C. The van der Waals surface area contributed by atoms with Crippen LogP contribution in [0.1, 0.15) is 60.8 Å². The van der Waals surface area contributed by atoms with Crippen LogP contribution >= 0.6 is 0 Å². The fourth-order valence-electron chi connectivity index (χ4n) is 1.17. The molecule has 0 bridgehead atoms. The lowest BCUT2D eigenvalue weighted by Gasteiger charge is -2.27. The van der Waals surface area contributed by atoms with Gasteiger partial charge < -0.3 is 9.47 Å². The van der Waals surface area contributed by atoms with E-state index in [1.165, 1.54) is 6.42 Å². The molecule has 0 rings (SSSR count). The highest BCUT2D eigenvalue weighted by Crippen LogP contribution is 2.17. The Hall–Kier alpha value is -0.0800. The molecule has 0 aliphatic heterocycles. The van der Waals surface area contributed by atoms with Crippen LogP contribution in [0.15, 0.2) is 0 Å². The van der Waals surface area contributed by atoms with Crippen molar-refractivity contribution in [2.24, 2.45) is 0 Å². The Morgan fingerprint density at radius 1 is 0.867 bits per heavy atom. The number of unbranched alkanes of at least 4 members (excludes halogenated alkanes) is 1. The zero-order valence-electron chi connectivity index (χ0n) is 11.4. The van der Waals surface area contributed by atoms with Crippen LogP contribution in [0, 0.1) is 0 Å². The van der Waals surface area contributed by atoms with E-state index >= 15 is 0 Å². The Morgan fingerprint density at radius 3 is 1.93 bits per heavy atom. The minimum Gasteiger partial charge on any atom is -0.376 e. The third-order valence-electron chi connectivity index (χ3n) is 2.23. The average molecular weight is 216 g/mol. The summed E-state index contributed by atoms with van der Waals surface area (Å²) < 4.78 is 11.5. The van der Waals surface area contributed by atoms with Crippen LogP contribution in [0.4, 0.5) is 0 Å². The summed E-state index contributed by atoms with van der Waals surface area (Å²) in [6.45, 7) is 14.3. The standard InChI is InChI=1S/C13H28O2/c1-7-8-10-15-13(5,6)9-11-14-12(2,3)4/h7-11H2,1-6H3. The largest absolute Gasteiger partial charge is 0.376 e. The van der Waals surface area contributed by atoms with Crippen molar-refractivity contribution in [3.63, 3.8) is 0 Å². The van der Waals surface area contributed by atoms with Gasteiger partial charge in [-0.1, -0.05) is 13.3 Å². The predicted molar refractivity (Wildman–Crippen MR) is 65.3 cm³/mol. The van der Waals surface area contributed by atoms with Crippen LogP contribution in [-0.2, 0) is 9.47 Å². The molecule has 2 nitrogen and oxygen atoms in total. The van der Waals surface area contributed by atoms with Crippen molar-refractivity contribution in [2.45, 2.75) is 72.0 Å². The molecule has 0 saturated carbocycles. The summed E-state index contributed by atoms with van der Waals surface area (Å²) in [5.41, 5.74) is -0.0973. The molecule has 15 heavy (non-hydrogen) atoms. The predicted octanol–water partition coefficient (Wildman–Crippen LogP) is 3.79. The molecule has 0 N–H and O–H groups in total. The number of rotatable bonds is 7. The van der Waals surface area contributed by atoms with Crippen LogP contribution in [0.5, 0.6) is 0 Å². The fraction of sp³-hybridized carbons (Fsp3) is 1.00. The lowest BCUT2D eigenvalue weighted by atomic mass is 10.1. The molecular weight excluding hydrogens is 188 g/mol. The summed E-state index contributed by atoms with van der Waals surface area (Å²) in [4.78, 5) is 0. The average Bonchev–Trinajstić information content (AvgIpc) is 2.01. The van der Waals surface area contributed by atoms with E-state index in [1.807, 2.05) is 0 Å². The Kier molecular flexibility index (Phi) is 6.46. The molecule has 0 saturated heterocycles. The second-order valence-corrected chi connectivity index (χ2v) is 5.67. The first kappa shape index (κ1) is 14.9. The molecule has 0 fully saturated rings. The summed E-state index contributed by atoms with van der Waals surface area (Å²) in [7, 11) is 0. The van der Waals surface area contributed by atoms with Crippen LogP contribution < -0.4 is 0 Å².